The fourth-order valence-corrected chi connectivity index (χ4v) is 3.48. The lowest BCUT2D eigenvalue weighted by Gasteiger charge is -2.16. The predicted octanol–water partition coefficient (Wildman–Crippen LogP) is 3.95. The van der Waals surface area contributed by atoms with E-state index >= 15 is 0 Å². The van der Waals surface area contributed by atoms with E-state index in [2.05, 4.69) is 48.1 Å². The molecule has 1 heterocycles. The number of amides is 1. The van der Waals surface area contributed by atoms with Crippen LogP contribution < -0.4 is 15.1 Å². The zero-order chi connectivity index (χ0) is 19.8. The Labute approximate surface area is 165 Å². The van der Waals surface area contributed by atoms with Gasteiger partial charge in [-0.25, -0.2) is 10.4 Å². The molecule has 0 bridgehead atoms. The largest absolute Gasteiger partial charge is 0.483 e. The lowest BCUT2D eigenvalue weighted by Crippen LogP contribution is -2.24. The summed E-state index contributed by atoms with van der Waals surface area (Å²) in [7, 11) is 0. The highest BCUT2D eigenvalue weighted by Gasteiger charge is 2.10. The number of nitrogens with one attached hydrogen (secondary N) is 1. The molecular formula is C20H28N4O2S. The number of nitrogens with zero attached hydrogens (tertiary/aromatic N) is 3. The summed E-state index contributed by atoms with van der Waals surface area (Å²) < 4.78 is 5.71. The third kappa shape index (κ3) is 6.06. The number of hydrogen-bond donors (Lipinski definition) is 1. The summed E-state index contributed by atoms with van der Waals surface area (Å²) >= 11 is 1.54. The van der Waals surface area contributed by atoms with Crippen LogP contribution in [0.3, 0.4) is 0 Å². The fourth-order valence-electron chi connectivity index (χ4n) is 2.56. The monoisotopic (exact) mass is 388 g/mol. The average Bonchev–Trinajstić information content (AvgIpc) is 3.09. The van der Waals surface area contributed by atoms with E-state index in [9.17, 15) is 4.79 Å². The normalized spacial score (nSPS) is 11.2. The van der Waals surface area contributed by atoms with Crippen molar-refractivity contribution in [2.75, 3.05) is 24.6 Å². The van der Waals surface area contributed by atoms with E-state index in [4.69, 9.17) is 4.74 Å². The molecule has 0 saturated heterocycles. The van der Waals surface area contributed by atoms with Gasteiger partial charge in [0.15, 0.2) is 11.7 Å². The number of rotatable bonds is 9. The summed E-state index contributed by atoms with van der Waals surface area (Å²) in [6.07, 6.45) is 3.36. The Morgan fingerprint density at radius 2 is 2.11 bits per heavy atom. The van der Waals surface area contributed by atoms with Crippen LogP contribution in [-0.4, -0.2) is 36.8 Å². The zero-order valence-electron chi connectivity index (χ0n) is 16.7. The molecule has 0 atom stereocenters. The molecule has 2 rings (SSSR count). The molecule has 0 unspecified atom stereocenters. The molecule has 0 aliphatic rings. The number of hydrogen-bond acceptors (Lipinski definition) is 6. The number of aromatic nitrogens is 1. The second kappa shape index (κ2) is 10.1. The Morgan fingerprint density at radius 1 is 1.37 bits per heavy atom. The van der Waals surface area contributed by atoms with Crippen molar-refractivity contribution in [1.29, 1.82) is 0 Å². The number of anilines is 1. The molecule has 1 N–H and O–H groups in total. The van der Waals surface area contributed by atoms with E-state index in [0.717, 1.165) is 40.0 Å². The molecule has 0 aliphatic carbocycles. The van der Waals surface area contributed by atoms with Gasteiger partial charge in [0.1, 0.15) is 5.75 Å². The summed E-state index contributed by atoms with van der Waals surface area (Å²) in [5.41, 5.74) is 4.69. The minimum Gasteiger partial charge on any atom is -0.483 e. The Bertz CT molecular complexity index is 782. The zero-order valence-corrected chi connectivity index (χ0v) is 17.5. The van der Waals surface area contributed by atoms with Gasteiger partial charge >= 0.3 is 0 Å². The van der Waals surface area contributed by atoms with E-state index in [1.807, 2.05) is 25.1 Å². The van der Waals surface area contributed by atoms with Crippen molar-refractivity contribution in [3.05, 3.63) is 40.4 Å². The van der Waals surface area contributed by atoms with Crippen molar-refractivity contribution in [3.63, 3.8) is 0 Å². The summed E-state index contributed by atoms with van der Waals surface area (Å²) in [4.78, 5) is 19.4. The Kier molecular flexibility index (Phi) is 7.79. The van der Waals surface area contributed by atoms with Crippen molar-refractivity contribution in [2.24, 2.45) is 5.10 Å². The SMILES string of the molecule is CCN(CC)c1ncc(/C=N\NC(=O)COc2cc(C)ccc2C(C)C)s1. The van der Waals surface area contributed by atoms with E-state index in [-0.39, 0.29) is 12.5 Å². The average molecular weight is 389 g/mol. The van der Waals surface area contributed by atoms with Gasteiger partial charge in [0, 0.05) is 19.3 Å². The van der Waals surface area contributed by atoms with Gasteiger partial charge in [-0.2, -0.15) is 5.10 Å². The van der Waals surface area contributed by atoms with Gasteiger partial charge in [-0.05, 0) is 43.9 Å². The number of carbonyl (C=O) groups is 1. The van der Waals surface area contributed by atoms with Crippen LogP contribution in [0, 0.1) is 6.92 Å². The van der Waals surface area contributed by atoms with Gasteiger partial charge in [-0.1, -0.05) is 37.3 Å². The quantitative estimate of drug-likeness (QED) is 0.522. The van der Waals surface area contributed by atoms with Crippen LogP contribution in [-0.2, 0) is 4.79 Å². The predicted molar refractivity (Wildman–Crippen MR) is 112 cm³/mol. The standard InChI is InChI=1S/C20H28N4O2S/c1-6-24(7-2)20-21-11-16(27-20)12-22-23-19(25)13-26-18-10-15(5)8-9-17(18)14(3)4/h8-12,14H,6-7,13H2,1-5H3,(H,23,25)/b22-12-. The molecule has 27 heavy (non-hydrogen) atoms. The van der Waals surface area contributed by atoms with E-state index in [1.165, 1.54) is 0 Å². The molecule has 146 valence electrons. The third-order valence-electron chi connectivity index (χ3n) is 4.08. The summed E-state index contributed by atoms with van der Waals surface area (Å²) in [6.45, 7) is 12.1. The first-order chi connectivity index (χ1) is 12.9. The van der Waals surface area contributed by atoms with Crippen molar-refractivity contribution >= 4 is 28.6 Å². The molecular weight excluding hydrogens is 360 g/mol. The molecule has 0 saturated carbocycles. The van der Waals surface area contributed by atoms with Crippen LogP contribution in [0.1, 0.15) is 49.6 Å². The van der Waals surface area contributed by atoms with Gasteiger partial charge < -0.3 is 9.64 Å². The van der Waals surface area contributed by atoms with Gasteiger partial charge in [0.05, 0.1) is 11.1 Å². The molecule has 2 aromatic rings. The fraction of sp³-hybridized carbons (Fsp3) is 0.450. The minimum atomic E-state index is -0.295. The highest BCUT2D eigenvalue weighted by atomic mass is 32.1. The van der Waals surface area contributed by atoms with Crippen molar-refractivity contribution in [3.8, 4) is 5.75 Å². The molecule has 1 amide bonds. The summed E-state index contributed by atoms with van der Waals surface area (Å²) in [6, 6.07) is 6.05. The smallest absolute Gasteiger partial charge is 0.277 e. The molecule has 6 nitrogen and oxygen atoms in total. The molecule has 0 spiro atoms. The number of carbonyl (C=O) groups excluding carboxylic acids is 1. The first-order valence-electron chi connectivity index (χ1n) is 9.20. The van der Waals surface area contributed by atoms with E-state index < -0.39 is 0 Å². The first kappa shape index (κ1) is 20.9. The van der Waals surface area contributed by atoms with Crippen LogP contribution in [0.2, 0.25) is 0 Å². The topological polar surface area (TPSA) is 66.8 Å². The van der Waals surface area contributed by atoms with Crippen molar-refractivity contribution < 1.29 is 9.53 Å². The molecule has 0 radical (unpaired) electrons. The van der Waals surface area contributed by atoms with Crippen LogP contribution in [0.5, 0.6) is 5.75 Å². The number of hydrazone groups is 1. The number of ether oxygens (including phenoxy) is 1. The number of benzene rings is 1. The first-order valence-corrected chi connectivity index (χ1v) is 10.0. The minimum absolute atomic E-state index is 0.0755. The summed E-state index contributed by atoms with van der Waals surface area (Å²) in [5, 5.41) is 4.96. The third-order valence-corrected chi connectivity index (χ3v) is 5.07. The molecule has 0 fully saturated rings. The van der Waals surface area contributed by atoms with Gasteiger partial charge in [-0.15, -0.1) is 0 Å². The highest BCUT2D eigenvalue weighted by Crippen LogP contribution is 2.27. The maximum atomic E-state index is 12.0. The van der Waals surface area contributed by atoms with Crippen molar-refractivity contribution in [1.82, 2.24) is 10.4 Å². The Hall–Kier alpha value is -2.41. The maximum absolute atomic E-state index is 12.0. The molecule has 1 aromatic carbocycles. The molecule has 7 heteroatoms. The maximum Gasteiger partial charge on any atom is 0.277 e. The van der Waals surface area contributed by atoms with Crippen LogP contribution in [0.25, 0.3) is 0 Å². The van der Waals surface area contributed by atoms with Gasteiger partial charge in [0.2, 0.25) is 0 Å². The lowest BCUT2D eigenvalue weighted by molar-refractivity contribution is -0.123. The Balaban J connectivity index is 1.88. The molecule has 1 aromatic heterocycles. The van der Waals surface area contributed by atoms with Crippen molar-refractivity contribution in [2.45, 2.75) is 40.5 Å². The number of aryl methyl sites for hydroxylation is 1. The highest BCUT2D eigenvalue weighted by molar-refractivity contribution is 7.17. The second-order valence-corrected chi connectivity index (χ2v) is 7.54. The Morgan fingerprint density at radius 3 is 2.78 bits per heavy atom. The van der Waals surface area contributed by atoms with Crippen LogP contribution >= 0.6 is 11.3 Å². The van der Waals surface area contributed by atoms with E-state index in [1.54, 1.807) is 23.7 Å². The van der Waals surface area contributed by atoms with Crippen LogP contribution in [0.4, 0.5) is 5.13 Å². The number of thiazole rings is 1. The van der Waals surface area contributed by atoms with Crippen LogP contribution in [0.15, 0.2) is 29.5 Å². The van der Waals surface area contributed by atoms with Gasteiger partial charge in [0.25, 0.3) is 5.91 Å². The summed E-state index contributed by atoms with van der Waals surface area (Å²) in [5.74, 6) is 0.777. The van der Waals surface area contributed by atoms with E-state index in [0.29, 0.717) is 5.92 Å². The van der Waals surface area contributed by atoms with Gasteiger partial charge in [-0.3, -0.25) is 4.79 Å². The molecule has 0 aliphatic heterocycles. The lowest BCUT2D eigenvalue weighted by atomic mass is 10.0. The second-order valence-electron chi connectivity index (χ2n) is 6.50.